The summed E-state index contributed by atoms with van der Waals surface area (Å²) in [6, 6.07) is 8.00. The summed E-state index contributed by atoms with van der Waals surface area (Å²) in [7, 11) is 2.12. The smallest absolute Gasteiger partial charge is 0.278 e. The van der Waals surface area contributed by atoms with Gasteiger partial charge < -0.3 is 20.2 Å². The fraction of sp³-hybridized carbons (Fsp3) is 0.500. The lowest BCUT2D eigenvalue weighted by molar-refractivity contribution is -0.127. The van der Waals surface area contributed by atoms with Gasteiger partial charge in [-0.1, -0.05) is 26.0 Å². The summed E-state index contributed by atoms with van der Waals surface area (Å²) in [5, 5.41) is 14.4. The van der Waals surface area contributed by atoms with E-state index < -0.39 is 17.7 Å². The molecule has 12 heteroatoms. The number of nitrogens with one attached hydrogen (secondary N) is 1. The van der Waals surface area contributed by atoms with Crippen LogP contribution in [0.25, 0.3) is 11.0 Å². The van der Waals surface area contributed by atoms with E-state index in [1.54, 1.807) is 16.8 Å². The molecule has 1 saturated heterocycles. The lowest BCUT2D eigenvalue weighted by Crippen LogP contribution is -2.49. The molecule has 5 rings (SSSR count). The van der Waals surface area contributed by atoms with E-state index in [0.29, 0.717) is 13.3 Å². The topological polar surface area (TPSA) is 104 Å². The van der Waals surface area contributed by atoms with Crippen LogP contribution in [0, 0.1) is 0 Å². The van der Waals surface area contributed by atoms with Crippen LogP contribution in [0.15, 0.2) is 65.6 Å². The van der Waals surface area contributed by atoms with Crippen molar-refractivity contribution in [2.45, 2.75) is 70.7 Å². The van der Waals surface area contributed by atoms with E-state index in [0.717, 1.165) is 37.6 Å². The van der Waals surface area contributed by atoms with Crippen molar-refractivity contribution in [3.63, 3.8) is 0 Å². The molecule has 1 aliphatic heterocycles. The number of aromatic nitrogens is 4. The summed E-state index contributed by atoms with van der Waals surface area (Å²) in [5.41, 5.74) is -0.503. The lowest BCUT2D eigenvalue weighted by atomic mass is 9.93. The number of fused-ring (bicyclic) bond motifs is 1. The van der Waals surface area contributed by atoms with Gasteiger partial charge in [-0.05, 0) is 50.6 Å². The second-order valence-corrected chi connectivity index (χ2v) is 11.1. The van der Waals surface area contributed by atoms with E-state index >= 15 is 0 Å². The quantitative estimate of drug-likeness (QED) is 0.297. The van der Waals surface area contributed by atoms with E-state index in [4.69, 9.17) is 0 Å². The Bertz CT molecular complexity index is 1530. The molecule has 1 aliphatic carbocycles. The molecule has 238 valence electrons. The first-order valence-electron chi connectivity index (χ1n) is 15.2. The number of allylic oxidation sites excluding steroid dienone is 1. The van der Waals surface area contributed by atoms with Gasteiger partial charge in [0.15, 0.2) is 11.2 Å². The first-order valence-corrected chi connectivity index (χ1v) is 15.2. The molecular formula is C32H44F2N8O2. The van der Waals surface area contributed by atoms with E-state index in [2.05, 4.69) is 50.3 Å². The molecule has 3 heterocycles. The summed E-state index contributed by atoms with van der Waals surface area (Å²) in [6.07, 6.45) is 4.51. The molecule has 0 bridgehead atoms. The number of piperazine rings is 1. The number of benzene rings is 1. The Balaban J connectivity index is 0.00000216. The number of hydrogen-bond donors (Lipinski definition) is 2. The maximum atomic E-state index is 14.5. The molecule has 2 atom stereocenters. The molecule has 2 aromatic heterocycles. The van der Waals surface area contributed by atoms with Gasteiger partial charge >= 0.3 is 0 Å². The van der Waals surface area contributed by atoms with Crippen LogP contribution in [0.1, 0.15) is 52.6 Å². The number of anilines is 3. The van der Waals surface area contributed by atoms with Crippen molar-refractivity contribution in [2.24, 2.45) is 4.99 Å². The van der Waals surface area contributed by atoms with E-state index in [9.17, 15) is 18.7 Å². The van der Waals surface area contributed by atoms with E-state index in [1.165, 1.54) is 10.9 Å². The summed E-state index contributed by atoms with van der Waals surface area (Å²) < 4.78 is 32.0. The Morgan fingerprint density at radius 1 is 1.16 bits per heavy atom. The first-order chi connectivity index (χ1) is 21.1. The van der Waals surface area contributed by atoms with Gasteiger partial charge in [0.2, 0.25) is 5.95 Å². The number of rotatable bonds is 10. The second-order valence-electron chi connectivity index (χ2n) is 11.1. The molecule has 0 spiro atoms. The third kappa shape index (κ3) is 6.61. The zero-order chi connectivity index (χ0) is 32.1. The molecule has 2 unspecified atom stereocenters. The van der Waals surface area contributed by atoms with Crippen molar-refractivity contribution in [1.29, 1.82) is 0 Å². The summed E-state index contributed by atoms with van der Waals surface area (Å²) in [4.78, 5) is 31.7. The number of aliphatic hydroxyl groups is 1. The second kappa shape index (κ2) is 13.8. The molecule has 1 saturated carbocycles. The van der Waals surface area contributed by atoms with Gasteiger partial charge in [0.1, 0.15) is 11.6 Å². The van der Waals surface area contributed by atoms with Gasteiger partial charge in [-0.25, -0.2) is 23.1 Å². The highest BCUT2D eigenvalue weighted by molar-refractivity contribution is 5.95. The molecule has 3 aromatic rings. The standard InChI is InChI=1S/C30H38F2N8O2.C2H6/c1-5-8-25(35-24-9-7-14-30(24,42)29(3,31)32)40-26-23(27(41)39(40)15-6-2)20-33-28(36-26)34-21-10-12-22(13-11-21)38-18-16-37(4)17-19-38;1-2/h5-6,10-13,20,25,42H,1-2,7-9,14-19H2,3-4H3,(H,33,34,36);1-2H3/b35-24+;. The van der Waals surface area contributed by atoms with E-state index in [1.807, 2.05) is 38.1 Å². The van der Waals surface area contributed by atoms with E-state index in [-0.39, 0.29) is 54.1 Å². The minimum absolute atomic E-state index is 0.00847. The monoisotopic (exact) mass is 610 g/mol. The zero-order valence-corrected chi connectivity index (χ0v) is 26.1. The fourth-order valence-corrected chi connectivity index (χ4v) is 5.70. The Morgan fingerprint density at radius 2 is 1.84 bits per heavy atom. The maximum absolute atomic E-state index is 14.5. The van der Waals surface area contributed by atoms with Crippen molar-refractivity contribution < 1.29 is 13.9 Å². The highest BCUT2D eigenvalue weighted by Gasteiger charge is 2.54. The molecule has 1 aromatic carbocycles. The number of aliphatic imine (C=N–C) groups is 1. The zero-order valence-electron chi connectivity index (χ0n) is 26.1. The summed E-state index contributed by atoms with van der Waals surface area (Å²) >= 11 is 0. The van der Waals surface area contributed by atoms with Crippen LogP contribution in [0.3, 0.4) is 0 Å². The number of halogens is 2. The predicted molar refractivity (Wildman–Crippen MR) is 173 cm³/mol. The number of likely N-dealkylation sites (N-methyl/N-ethyl adjacent to an activating group) is 1. The SMILES string of the molecule is C=CCC(/N=C1\CCCC1(O)C(C)(F)F)n1c2nc(Nc3ccc(N4CCN(C)CC4)cc3)ncc2c(=O)n1CC=C.CC. The molecule has 0 radical (unpaired) electrons. The van der Waals surface area contributed by atoms with Gasteiger partial charge in [0, 0.05) is 57.1 Å². The average Bonchev–Trinajstić information content (AvgIpc) is 3.52. The minimum Gasteiger partial charge on any atom is -0.378 e. The van der Waals surface area contributed by atoms with Crippen LogP contribution in [0.5, 0.6) is 0 Å². The van der Waals surface area contributed by atoms with Crippen LogP contribution >= 0.6 is 0 Å². The Kier molecular flexibility index (Phi) is 10.4. The lowest BCUT2D eigenvalue weighted by Gasteiger charge is -2.34. The van der Waals surface area contributed by atoms with Crippen LogP contribution in [0.2, 0.25) is 0 Å². The van der Waals surface area contributed by atoms with Crippen LogP contribution in [-0.2, 0) is 6.54 Å². The third-order valence-electron chi connectivity index (χ3n) is 8.12. The molecule has 44 heavy (non-hydrogen) atoms. The highest BCUT2D eigenvalue weighted by Crippen LogP contribution is 2.41. The van der Waals surface area contributed by atoms with Crippen LogP contribution in [0.4, 0.5) is 26.1 Å². The molecule has 2 N–H and O–H groups in total. The molecule has 10 nitrogen and oxygen atoms in total. The Labute approximate surface area is 257 Å². The normalized spacial score (nSPS) is 20.8. The number of nitrogens with zero attached hydrogens (tertiary/aromatic N) is 7. The highest BCUT2D eigenvalue weighted by atomic mass is 19.3. The Hall–Kier alpha value is -3.90. The van der Waals surface area contributed by atoms with Crippen molar-refractivity contribution in [3.8, 4) is 0 Å². The van der Waals surface area contributed by atoms with Crippen molar-refractivity contribution in [3.05, 3.63) is 66.1 Å². The van der Waals surface area contributed by atoms with Crippen molar-refractivity contribution in [1.82, 2.24) is 24.2 Å². The van der Waals surface area contributed by atoms with Crippen molar-refractivity contribution >= 4 is 34.1 Å². The van der Waals surface area contributed by atoms with Gasteiger partial charge in [-0.3, -0.25) is 9.79 Å². The minimum atomic E-state index is -3.38. The molecule has 2 fully saturated rings. The average molecular weight is 611 g/mol. The number of alkyl halides is 2. The van der Waals surface area contributed by atoms with Crippen LogP contribution in [-0.4, -0.2) is 79.8 Å². The third-order valence-corrected chi connectivity index (χ3v) is 8.12. The molecule has 2 aliphatic rings. The van der Waals surface area contributed by atoms with Crippen molar-refractivity contribution in [2.75, 3.05) is 43.4 Å². The first kappa shape index (κ1) is 33.0. The van der Waals surface area contributed by atoms with Gasteiger partial charge in [-0.2, -0.15) is 4.98 Å². The van der Waals surface area contributed by atoms with Gasteiger partial charge in [0.05, 0.1) is 12.3 Å². The van der Waals surface area contributed by atoms with Crippen LogP contribution < -0.4 is 15.8 Å². The molecule has 0 amide bonds. The fourth-order valence-electron chi connectivity index (χ4n) is 5.70. The number of hydrogen-bond acceptors (Lipinski definition) is 8. The maximum Gasteiger partial charge on any atom is 0.278 e. The largest absolute Gasteiger partial charge is 0.378 e. The van der Waals surface area contributed by atoms with Gasteiger partial charge in [0.25, 0.3) is 11.5 Å². The molecular weight excluding hydrogens is 566 g/mol. The Morgan fingerprint density at radius 3 is 2.45 bits per heavy atom. The summed E-state index contributed by atoms with van der Waals surface area (Å²) in [6.45, 7) is 16.4. The van der Waals surface area contributed by atoms with Gasteiger partial charge in [-0.15, -0.1) is 13.2 Å². The summed E-state index contributed by atoms with van der Waals surface area (Å²) in [5.74, 6) is -3.11. The predicted octanol–water partition coefficient (Wildman–Crippen LogP) is 5.39.